The van der Waals surface area contributed by atoms with Crippen LogP contribution in [0.2, 0.25) is 0 Å². The minimum Gasteiger partial charge on any atom is -0.305 e. The van der Waals surface area contributed by atoms with E-state index in [1.54, 1.807) is 0 Å². The third-order valence-corrected chi connectivity index (χ3v) is 4.99. The zero-order valence-corrected chi connectivity index (χ0v) is 15.3. The summed E-state index contributed by atoms with van der Waals surface area (Å²) in [7, 11) is 4.20. The lowest BCUT2D eigenvalue weighted by molar-refractivity contribution is 0.140. The minimum atomic E-state index is 0.453. The van der Waals surface area contributed by atoms with Crippen LogP contribution in [0.25, 0.3) is 0 Å². The number of nitrogens with zero attached hydrogens (tertiary/aromatic N) is 3. The molecule has 0 amide bonds. The Labute approximate surface area is 151 Å². The standard InChI is InChI=1S/C22H27N3/c1-24(2)16-18-10-12-19(13-11-18)22-9-5-6-14-25(22)17-21-8-4-3-7-20(21)15-23/h3-4,7-8,10-13,22H,5-6,9,14,16-17H2,1-2H3. The first-order valence-corrected chi connectivity index (χ1v) is 9.13. The highest BCUT2D eigenvalue weighted by Crippen LogP contribution is 2.32. The molecule has 2 aromatic rings. The molecule has 3 rings (SSSR count). The second-order valence-corrected chi connectivity index (χ2v) is 7.23. The van der Waals surface area contributed by atoms with Crippen molar-refractivity contribution in [1.29, 1.82) is 5.26 Å². The van der Waals surface area contributed by atoms with Crippen LogP contribution in [0.5, 0.6) is 0 Å². The molecule has 1 heterocycles. The van der Waals surface area contributed by atoms with Crippen LogP contribution in [-0.2, 0) is 13.1 Å². The fourth-order valence-corrected chi connectivity index (χ4v) is 3.75. The van der Waals surface area contributed by atoms with E-state index >= 15 is 0 Å². The number of hydrogen-bond donors (Lipinski definition) is 0. The lowest BCUT2D eigenvalue weighted by Gasteiger charge is -2.36. The molecule has 0 saturated carbocycles. The second kappa shape index (κ2) is 8.29. The van der Waals surface area contributed by atoms with Crippen molar-refractivity contribution in [2.24, 2.45) is 0 Å². The van der Waals surface area contributed by atoms with E-state index in [1.165, 1.54) is 30.4 Å². The van der Waals surface area contributed by atoms with Crippen molar-refractivity contribution in [3.63, 3.8) is 0 Å². The molecule has 1 atom stereocenters. The van der Waals surface area contributed by atoms with Crippen molar-refractivity contribution in [3.8, 4) is 6.07 Å². The van der Waals surface area contributed by atoms with Crippen LogP contribution in [0.15, 0.2) is 48.5 Å². The molecule has 25 heavy (non-hydrogen) atoms. The Hall–Kier alpha value is -2.15. The van der Waals surface area contributed by atoms with Crippen LogP contribution >= 0.6 is 0 Å². The molecule has 0 bridgehead atoms. The number of hydrogen-bond acceptors (Lipinski definition) is 3. The molecular weight excluding hydrogens is 306 g/mol. The second-order valence-electron chi connectivity index (χ2n) is 7.23. The predicted molar refractivity (Wildman–Crippen MR) is 102 cm³/mol. The summed E-state index contributed by atoms with van der Waals surface area (Å²) < 4.78 is 0. The van der Waals surface area contributed by atoms with Crippen LogP contribution < -0.4 is 0 Å². The molecule has 2 aromatic carbocycles. The van der Waals surface area contributed by atoms with Gasteiger partial charge in [0.1, 0.15) is 0 Å². The molecule has 0 N–H and O–H groups in total. The number of benzene rings is 2. The Kier molecular flexibility index (Phi) is 5.86. The van der Waals surface area contributed by atoms with E-state index in [2.05, 4.69) is 60.3 Å². The van der Waals surface area contributed by atoms with Crippen molar-refractivity contribution in [3.05, 3.63) is 70.8 Å². The smallest absolute Gasteiger partial charge is 0.0995 e. The number of rotatable bonds is 5. The van der Waals surface area contributed by atoms with Crippen molar-refractivity contribution in [2.75, 3.05) is 20.6 Å². The first kappa shape index (κ1) is 17.7. The highest BCUT2D eigenvalue weighted by Gasteiger charge is 2.24. The van der Waals surface area contributed by atoms with Gasteiger partial charge in [0, 0.05) is 19.1 Å². The lowest BCUT2D eigenvalue weighted by Crippen LogP contribution is -2.33. The van der Waals surface area contributed by atoms with E-state index < -0.39 is 0 Å². The molecule has 130 valence electrons. The van der Waals surface area contributed by atoms with E-state index in [0.29, 0.717) is 6.04 Å². The van der Waals surface area contributed by atoms with Gasteiger partial charge in [0.15, 0.2) is 0 Å². The Morgan fingerprint density at radius 3 is 2.56 bits per heavy atom. The minimum absolute atomic E-state index is 0.453. The Balaban J connectivity index is 1.78. The van der Waals surface area contributed by atoms with Gasteiger partial charge >= 0.3 is 0 Å². The van der Waals surface area contributed by atoms with Gasteiger partial charge in [0.05, 0.1) is 11.6 Å². The molecule has 0 aromatic heterocycles. The summed E-state index contributed by atoms with van der Waals surface area (Å²) in [5.41, 5.74) is 4.69. The van der Waals surface area contributed by atoms with E-state index in [1.807, 2.05) is 18.2 Å². The average molecular weight is 333 g/mol. The van der Waals surface area contributed by atoms with E-state index in [0.717, 1.165) is 30.8 Å². The maximum atomic E-state index is 9.36. The maximum Gasteiger partial charge on any atom is 0.0995 e. The third-order valence-electron chi connectivity index (χ3n) is 4.99. The van der Waals surface area contributed by atoms with Gasteiger partial charge in [-0.2, -0.15) is 5.26 Å². The summed E-state index contributed by atoms with van der Waals surface area (Å²) in [6, 6.07) is 19.9. The van der Waals surface area contributed by atoms with Gasteiger partial charge in [-0.3, -0.25) is 4.90 Å². The van der Waals surface area contributed by atoms with Gasteiger partial charge in [-0.05, 0) is 56.2 Å². The zero-order valence-electron chi connectivity index (χ0n) is 15.3. The van der Waals surface area contributed by atoms with Crippen LogP contribution in [0.4, 0.5) is 0 Å². The molecular formula is C22H27N3. The van der Waals surface area contributed by atoms with E-state index in [9.17, 15) is 5.26 Å². The Morgan fingerprint density at radius 1 is 1.08 bits per heavy atom. The Morgan fingerprint density at radius 2 is 1.84 bits per heavy atom. The van der Waals surface area contributed by atoms with Gasteiger partial charge in [0.25, 0.3) is 0 Å². The molecule has 1 fully saturated rings. The third kappa shape index (κ3) is 4.48. The molecule has 0 aliphatic carbocycles. The van der Waals surface area contributed by atoms with Crippen molar-refractivity contribution in [2.45, 2.75) is 38.4 Å². The van der Waals surface area contributed by atoms with Gasteiger partial charge in [-0.25, -0.2) is 0 Å². The fourth-order valence-electron chi connectivity index (χ4n) is 3.75. The van der Waals surface area contributed by atoms with E-state index in [4.69, 9.17) is 0 Å². The molecule has 0 radical (unpaired) electrons. The lowest BCUT2D eigenvalue weighted by atomic mass is 9.93. The summed E-state index contributed by atoms with van der Waals surface area (Å²) in [6.07, 6.45) is 3.71. The summed E-state index contributed by atoms with van der Waals surface area (Å²) in [5, 5.41) is 9.36. The quantitative estimate of drug-likeness (QED) is 0.815. The van der Waals surface area contributed by atoms with Crippen LogP contribution in [0.3, 0.4) is 0 Å². The topological polar surface area (TPSA) is 30.3 Å². The van der Waals surface area contributed by atoms with Gasteiger partial charge < -0.3 is 4.90 Å². The summed E-state index contributed by atoms with van der Waals surface area (Å²) in [5.74, 6) is 0. The number of piperidine rings is 1. The van der Waals surface area contributed by atoms with Crippen LogP contribution in [-0.4, -0.2) is 30.4 Å². The first-order valence-electron chi connectivity index (χ1n) is 9.13. The maximum absolute atomic E-state index is 9.36. The normalized spacial score (nSPS) is 18.2. The van der Waals surface area contributed by atoms with Crippen LogP contribution in [0.1, 0.15) is 47.6 Å². The van der Waals surface area contributed by atoms with Gasteiger partial charge in [0.2, 0.25) is 0 Å². The van der Waals surface area contributed by atoms with Crippen molar-refractivity contribution >= 4 is 0 Å². The SMILES string of the molecule is CN(C)Cc1ccc(C2CCCCN2Cc2ccccc2C#N)cc1. The predicted octanol–water partition coefficient (Wildman–Crippen LogP) is 4.35. The fraction of sp³-hybridized carbons (Fsp3) is 0.409. The average Bonchev–Trinajstić information content (AvgIpc) is 2.63. The van der Waals surface area contributed by atoms with Crippen molar-refractivity contribution in [1.82, 2.24) is 9.80 Å². The molecule has 3 heteroatoms. The first-order chi connectivity index (χ1) is 12.2. The molecule has 1 unspecified atom stereocenters. The number of nitriles is 1. The monoisotopic (exact) mass is 333 g/mol. The molecule has 1 saturated heterocycles. The summed E-state index contributed by atoms with van der Waals surface area (Å²) in [4.78, 5) is 4.74. The van der Waals surface area contributed by atoms with Gasteiger partial charge in [-0.15, -0.1) is 0 Å². The zero-order chi connectivity index (χ0) is 17.6. The summed E-state index contributed by atoms with van der Waals surface area (Å²) >= 11 is 0. The Bertz CT molecular complexity index is 728. The van der Waals surface area contributed by atoms with E-state index in [-0.39, 0.29) is 0 Å². The molecule has 1 aliphatic rings. The summed E-state index contributed by atoms with van der Waals surface area (Å²) in [6.45, 7) is 2.93. The van der Waals surface area contributed by atoms with Gasteiger partial charge in [-0.1, -0.05) is 48.9 Å². The molecule has 1 aliphatic heterocycles. The van der Waals surface area contributed by atoms with Crippen LogP contribution in [0, 0.1) is 11.3 Å². The number of likely N-dealkylation sites (tertiary alicyclic amines) is 1. The largest absolute Gasteiger partial charge is 0.305 e. The highest BCUT2D eigenvalue weighted by molar-refractivity contribution is 5.37. The molecule has 0 spiro atoms. The molecule has 3 nitrogen and oxygen atoms in total. The highest BCUT2D eigenvalue weighted by atomic mass is 15.2. The van der Waals surface area contributed by atoms with Crippen molar-refractivity contribution < 1.29 is 0 Å².